The molecule has 0 unspecified atom stereocenters. The maximum Gasteiger partial charge on any atom is 0.252 e. The normalized spacial score (nSPS) is 12.4. The van der Waals surface area contributed by atoms with E-state index in [1.54, 1.807) is 18.2 Å². The fraction of sp³-hybridized carbons (Fsp3) is 0.308. The molecule has 0 aliphatic carbocycles. The second-order valence-corrected chi connectivity index (χ2v) is 6.30. The van der Waals surface area contributed by atoms with Gasteiger partial charge < -0.3 is 5.73 Å². The van der Waals surface area contributed by atoms with Crippen molar-refractivity contribution < 1.29 is 17.2 Å². The predicted octanol–water partition coefficient (Wildman–Crippen LogP) is 1.45. The van der Waals surface area contributed by atoms with E-state index in [1.165, 1.54) is 18.5 Å². The smallest absolute Gasteiger partial charge is 0.252 e. The lowest BCUT2D eigenvalue weighted by atomic mass is 10.2. The first kappa shape index (κ1) is 15.7. The molecular formula is C13H15F2N3O2S. The van der Waals surface area contributed by atoms with Crippen molar-refractivity contribution in [3.05, 3.63) is 36.7 Å². The van der Waals surface area contributed by atoms with E-state index in [-0.39, 0.29) is 18.0 Å². The van der Waals surface area contributed by atoms with E-state index >= 15 is 0 Å². The van der Waals surface area contributed by atoms with E-state index in [0.29, 0.717) is 15.1 Å². The van der Waals surface area contributed by atoms with Crippen LogP contribution in [0.15, 0.2) is 41.6 Å². The van der Waals surface area contributed by atoms with Gasteiger partial charge in [-0.1, -0.05) is 12.1 Å². The molecule has 0 atom stereocenters. The van der Waals surface area contributed by atoms with E-state index in [4.69, 9.17) is 5.73 Å². The van der Waals surface area contributed by atoms with Crippen LogP contribution in [0, 0.1) is 0 Å². The lowest BCUT2D eigenvalue weighted by molar-refractivity contribution is 0.120. The van der Waals surface area contributed by atoms with Gasteiger partial charge in [0.15, 0.2) is 0 Å². The maximum atomic E-state index is 12.6. The summed E-state index contributed by atoms with van der Waals surface area (Å²) in [5.41, 5.74) is 5.33. The minimum absolute atomic E-state index is 0.0171. The molecule has 0 spiro atoms. The molecule has 2 N–H and O–H groups in total. The largest absolute Gasteiger partial charge is 0.329 e. The number of hydrogen-bond donors (Lipinski definition) is 1. The molecule has 114 valence electrons. The number of fused-ring (bicyclic) bond motifs is 1. The standard InChI is InChI=1S/C13H15F2N3O2S/c14-13(15)9-18(7-5-16)21(19,20)12-3-1-2-10-8-17-6-4-11(10)12/h1-4,6,8,13H,5,7,9,16H2. The monoisotopic (exact) mass is 315 g/mol. The minimum Gasteiger partial charge on any atom is -0.329 e. The van der Waals surface area contributed by atoms with E-state index in [0.717, 1.165) is 0 Å². The van der Waals surface area contributed by atoms with Gasteiger partial charge in [0.05, 0.1) is 11.4 Å². The quantitative estimate of drug-likeness (QED) is 0.875. The molecule has 0 aliphatic rings. The van der Waals surface area contributed by atoms with Crippen molar-refractivity contribution in [2.75, 3.05) is 19.6 Å². The molecule has 0 saturated carbocycles. The Balaban J connectivity index is 2.54. The average Bonchev–Trinajstić information content (AvgIpc) is 2.45. The van der Waals surface area contributed by atoms with Gasteiger partial charge in [-0.05, 0) is 12.1 Å². The van der Waals surface area contributed by atoms with Crippen molar-refractivity contribution in [3.63, 3.8) is 0 Å². The molecule has 1 heterocycles. The summed E-state index contributed by atoms with van der Waals surface area (Å²) in [5, 5.41) is 1.08. The molecular weight excluding hydrogens is 300 g/mol. The first-order valence-electron chi connectivity index (χ1n) is 6.28. The Kier molecular flexibility index (Phi) is 4.81. The highest BCUT2D eigenvalue weighted by atomic mass is 32.2. The first-order chi connectivity index (χ1) is 9.96. The Bertz CT molecular complexity index is 717. The first-order valence-corrected chi connectivity index (χ1v) is 7.72. The van der Waals surface area contributed by atoms with Crippen molar-refractivity contribution >= 4 is 20.8 Å². The highest BCUT2D eigenvalue weighted by Gasteiger charge is 2.28. The molecule has 5 nitrogen and oxygen atoms in total. The Morgan fingerprint density at radius 1 is 1.29 bits per heavy atom. The topological polar surface area (TPSA) is 76.3 Å². The molecule has 0 radical (unpaired) electrons. The van der Waals surface area contributed by atoms with Gasteiger partial charge in [-0.25, -0.2) is 17.2 Å². The summed E-state index contributed by atoms with van der Waals surface area (Å²) in [6.07, 6.45) is 0.221. The van der Waals surface area contributed by atoms with Gasteiger partial charge in [-0.15, -0.1) is 0 Å². The summed E-state index contributed by atoms with van der Waals surface area (Å²) in [6.45, 7) is -1.06. The van der Waals surface area contributed by atoms with Crippen molar-refractivity contribution in [2.45, 2.75) is 11.3 Å². The highest BCUT2D eigenvalue weighted by Crippen LogP contribution is 2.25. The number of rotatable bonds is 6. The van der Waals surface area contributed by atoms with Crippen molar-refractivity contribution in [3.8, 4) is 0 Å². The van der Waals surface area contributed by atoms with Crippen LogP contribution < -0.4 is 5.73 Å². The molecule has 0 saturated heterocycles. The third-order valence-electron chi connectivity index (χ3n) is 2.98. The maximum absolute atomic E-state index is 12.6. The SMILES string of the molecule is NCCN(CC(F)F)S(=O)(=O)c1cccc2cnccc12. The Labute approximate surface area is 121 Å². The number of halogens is 2. The summed E-state index contributed by atoms with van der Waals surface area (Å²) < 4.78 is 51.1. The number of nitrogens with zero attached hydrogens (tertiary/aromatic N) is 2. The van der Waals surface area contributed by atoms with E-state index in [1.807, 2.05) is 0 Å². The fourth-order valence-electron chi connectivity index (χ4n) is 2.06. The van der Waals surface area contributed by atoms with Crippen LogP contribution >= 0.6 is 0 Å². The molecule has 0 amide bonds. The van der Waals surface area contributed by atoms with Gasteiger partial charge in [-0.2, -0.15) is 4.31 Å². The third-order valence-corrected chi connectivity index (χ3v) is 4.90. The van der Waals surface area contributed by atoms with Crippen LogP contribution in [0.25, 0.3) is 10.8 Å². The molecule has 1 aromatic heterocycles. The van der Waals surface area contributed by atoms with E-state index in [9.17, 15) is 17.2 Å². The van der Waals surface area contributed by atoms with Crippen LogP contribution in [0.1, 0.15) is 0 Å². The molecule has 2 aromatic rings. The van der Waals surface area contributed by atoms with Crippen LogP contribution in [-0.4, -0.2) is 43.8 Å². The summed E-state index contributed by atoms with van der Waals surface area (Å²) in [6, 6.07) is 6.21. The molecule has 0 bridgehead atoms. The molecule has 0 fully saturated rings. The predicted molar refractivity (Wildman–Crippen MR) is 75.6 cm³/mol. The Morgan fingerprint density at radius 2 is 2.05 bits per heavy atom. The zero-order valence-corrected chi connectivity index (χ0v) is 11.9. The van der Waals surface area contributed by atoms with Crippen LogP contribution in [0.4, 0.5) is 8.78 Å². The third kappa shape index (κ3) is 3.34. The van der Waals surface area contributed by atoms with E-state index in [2.05, 4.69) is 4.98 Å². The average molecular weight is 315 g/mol. The second-order valence-electron chi connectivity index (χ2n) is 4.40. The van der Waals surface area contributed by atoms with Gasteiger partial charge in [0.25, 0.3) is 6.43 Å². The minimum atomic E-state index is -4.04. The molecule has 1 aromatic carbocycles. The van der Waals surface area contributed by atoms with Crippen LogP contribution in [0.3, 0.4) is 0 Å². The summed E-state index contributed by atoms with van der Waals surface area (Å²) in [5.74, 6) is 0. The van der Waals surface area contributed by atoms with Gasteiger partial charge >= 0.3 is 0 Å². The van der Waals surface area contributed by atoms with Gasteiger partial charge in [-0.3, -0.25) is 4.98 Å². The van der Waals surface area contributed by atoms with Gasteiger partial charge in [0.1, 0.15) is 0 Å². The number of aromatic nitrogens is 1. The van der Waals surface area contributed by atoms with Crippen molar-refractivity contribution in [1.29, 1.82) is 0 Å². The summed E-state index contributed by atoms with van der Waals surface area (Å²) >= 11 is 0. The van der Waals surface area contributed by atoms with Crippen LogP contribution in [0.5, 0.6) is 0 Å². The van der Waals surface area contributed by atoms with Crippen LogP contribution in [0.2, 0.25) is 0 Å². The van der Waals surface area contributed by atoms with Gasteiger partial charge in [0.2, 0.25) is 10.0 Å². The Hall–Kier alpha value is -1.64. The van der Waals surface area contributed by atoms with Gasteiger partial charge in [0, 0.05) is 36.3 Å². The molecule has 2 rings (SSSR count). The lowest BCUT2D eigenvalue weighted by Gasteiger charge is -2.21. The second kappa shape index (κ2) is 6.42. The van der Waals surface area contributed by atoms with Crippen molar-refractivity contribution in [2.24, 2.45) is 5.73 Å². The number of pyridine rings is 1. The summed E-state index contributed by atoms with van der Waals surface area (Å²) in [4.78, 5) is 3.90. The van der Waals surface area contributed by atoms with Crippen LogP contribution in [-0.2, 0) is 10.0 Å². The molecule has 21 heavy (non-hydrogen) atoms. The fourth-order valence-corrected chi connectivity index (χ4v) is 3.71. The molecule has 8 heteroatoms. The number of hydrogen-bond acceptors (Lipinski definition) is 4. The zero-order chi connectivity index (χ0) is 15.5. The Morgan fingerprint density at radius 3 is 2.71 bits per heavy atom. The lowest BCUT2D eigenvalue weighted by Crippen LogP contribution is -2.38. The summed E-state index contributed by atoms with van der Waals surface area (Å²) in [7, 11) is -4.04. The number of benzene rings is 1. The van der Waals surface area contributed by atoms with E-state index < -0.39 is 23.0 Å². The highest BCUT2D eigenvalue weighted by molar-refractivity contribution is 7.89. The van der Waals surface area contributed by atoms with Crippen molar-refractivity contribution in [1.82, 2.24) is 9.29 Å². The zero-order valence-electron chi connectivity index (χ0n) is 11.1. The number of nitrogens with two attached hydrogens (primary N) is 1. The number of alkyl halides is 2. The number of sulfonamides is 1. The molecule has 0 aliphatic heterocycles.